The molecule has 1 aliphatic rings. The van der Waals surface area contributed by atoms with E-state index in [1.165, 1.54) is 66.6 Å². The van der Waals surface area contributed by atoms with Gasteiger partial charge >= 0.3 is 0 Å². The van der Waals surface area contributed by atoms with Crippen molar-refractivity contribution < 1.29 is 0 Å². The third-order valence-corrected chi connectivity index (χ3v) is 9.20. The van der Waals surface area contributed by atoms with Crippen LogP contribution in [0.1, 0.15) is 11.1 Å². The van der Waals surface area contributed by atoms with E-state index in [1.54, 1.807) is 0 Å². The number of hydrogen-bond acceptors (Lipinski definition) is 1. The van der Waals surface area contributed by atoms with Crippen LogP contribution in [0.3, 0.4) is 0 Å². The molecule has 0 N–H and O–H groups in total. The van der Waals surface area contributed by atoms with Crippen LogP contribution in [0.25, 0.3) is 49.7 Å². The van der Waals surface area contributed by atoms with E-state index < -0.39 is 0 Å². The number of benzene rings is 7. The molecule has 0 amide bonds. The minimum absolute atomic E-state index is 0.976. The summed E-state index contributed by atoms with van der Waals surface area (Å²) in [5, 5.41) is 2.53. The maximum atomic E-state index is 2.37. The van der Waals surface area contributed by atoms with Gasteiger partial charge in [-0.2, -0.15) is 0 Å². The van der Waals surface area contributed by atoms with E-state index in [0.717, 1.165) is 17.8 Å². The van der Waals surface area contributed by atoms with Crippen LogP contribution in [0, 0.1) is 0 Å². The highest BCUT2D eigenvalue weighted by Gasteiger charge is 2.21. The molecule has 9 rings (SSSR count). The zero-order valence-electron chi connectivity index (χ0n) is 24.8. The SMILES string of the molecule is c1ccc(N(c2ccc(-c3ccc4c(c3)c3ccccc3n4-c3ccccc3)cc2)c2ccc3c(c2)Cc2ccccc2-3)cc1. The van der Waals surface area contributed by atoms with Gasteiger partial charge in [0.15, 0.2) is 0 Å². The Kier molecular flexibility index (Phi) is 5.92. The zero-order valence-corrected chi connectivity index (χ0v) is 24.8. The molecule has 0 atom stereocenters. The molecule has 0 fully saturated rings. The largest absolute Gasteiger partial charge is 0.310 e. The second-order valence-electron chi connectivity index (χ2n) is 11.8. The minimum atomic E-state index is 0.976. The third-order valence-electron chi connectivity index (χ3n) is 9.20. The molecular weight excluding hydrogens is 544 g/mol. The molecule has 1 aliphatic carbocycles. The Labute approximate surface area is 263 Å². The van der Waals surface area contributed by atoms with Crippen LogP contribution in [-0.2, 0) is 6.42 Å². The third kappa shape index (κ3) is 4.26. The topological polar surface area (TPSA) is 8.17 Å². The Morgan fingerprint density at radius 2 is 1.02 bits per heavy atom. The van der Waals surface area contributed by atoms with Crippen LogP contribution >= 0.6 is 0 Å². The highest BCUT2D eigenvalue weighted by molar-refractivity contribution is 6.10. The number of anilines is 3. The van der Waals surface area contributed by atoms with Crippen molar-refractivity contribution in [3.8, 4) is 27.9 Å². The molecule has 8 aromatic rings. The number of aromatic nitrogens is 1. The van der Waals surface area contributed by atoms with Gasteiger partial charge in [-0.15, -0.1) is 0 Å². The summed E-state index contributed by atoms with van der Waals surface area (Å²) in [6, 6.07) is 61.6. The maximum absolute atomic E-state index is 2.37. The summed E-state index contributed by atoms with van der Waals surface area (Å²) in [5.41, 5.74) is 15.0. The standard InChI is InChI=1S/C43H30N2/c1-3-12-34(13-4-1)44(37-24-25-39-33(28-37)27-32-11-7-8-16-38(32)39)36-22-19-30(20-23-36)31-21-26-43-41(29-31)40-17-9-10-18-42(40)45(43)35-14-5-2-6-15-35/h1-26,28-29H,27H2. The average molecular weight is 575 g/mol. The van der Waals surface area contributed by atoms with Crippen LogP contribution in [0.5, 0.6) is 0 Å². The van der Waals surface area contributed by atoms with Crippen molar-refractivity contribution >= 4 is 38.9 Å². The summed E-state index contributed by atoms with van der Waals surface area (Å²) in [4.78, 5) is 2.36. The zero-order chi connectivity index (χ0) is 29.7. The Morgan fingerprint density at radius 3 is 1.87 bits per heavy atom. The van der Waals surface area contributed by atoms with Crippen LogP contribution < -0.4 is 4.90 Å². The lowest BCUT2D eigenvalue weighted by molar-refractivity contribution is 1.18. The fraction of sp³-hybridized carbons (Fsp3) is 0.0233. The van der Waals surface area contributed by atoms with Crippen LogP contribution in [0.2, 0.25) is 0 Å². The molecule has 0 spiro atoms. The first-order valence-electron chi connectivity index (χ1n) is 15.6. The summed E-state index contributed by atoms with van der Waals surface area (Å²) in [5.74, 6) is 0. The van der Waals surface area contributed by atoms with E-state index >= 15 is 0 Å². The molecule has 1 aromatic heterocycles. The predicted octanol–water partition coefficient (Wildman–Crippen LogP) is 11.5. The first-order valence-corrected chi connectivity index (χ1v) is 15.6. The van der Waals surface area contributed by atoms with Gasteiger partial charge < -0.3 is 9.47 Å². The molecule has 0 radical (unpaired) electrons. The number of nitrogens with zero attached hydrogens (tertiary/aromatic N) is 2. The van der Waals surface area contributed by atoms with E-state index in [-0.39, 0.29) is 0 Å². The highest BCUT2D eigenvalue weighted by atomic mass is 15.1. The number of hydrogen-bond donors (Lipinski definition) is 0. The first kappa shape index (κ1) is 25.6. The van der Waals surface area contributed by atoms with Crippen LogP contribution in [0.15, 0.2) is 170 Å². The molecule has 0 bridgehead atoms. The second-order valence-corrected chi connectivity index (χ2v) is 11.8. The molecule has 0 saturated heterocycles. The second kappa shape index (κ2) is 10.4. The molecule has 45 heavy (non-hydrogen) atoms. The van der Waals surface area contributed by atoms with Gasteiger partial charge in [0, 0.05) is 33.5 Å². The Balaban J connectivity index is 1.12. The molecule has 2 heteroatoms. The van der Waals surface area contributed by atoms with E-state index in [4.69, 9.17) is 0 Å². The number of rotatable bonds is 5. The average Bonchev–Trinajstić information content (AvgIpc) is 3.65. The Hall–Kier alpha value is -5.86. The van der Waals surface area contributed by atoms with E-state index in [1.807, 2.05) is 0 Å². The lowest BCUT2D eigenvalue weighted by atomic mass is 10.0. The van der Waals surface area contributed by atoms with Gasteiger partial charge in [-0.3, -0.25) is 0 Å². The number of para-hydroxylation sites is 3. The van der Waals surface area contributed by atoms with Crippen molar-refractivity contribution in [1.82, 2.24) is 4.57 Å². The van der Waals surface area contributed by atoms with E-state index in [2.05, 4.69) is 179 Å². The van der Waals surface area contributed by atoms with Crippen LogP contribution in [-0.4, -0.2) is 4.57 Å². The Bertz CT molecular complexity index is 2330. The summed E-state index contributed by atoms with van der Waals surface area (Å²) >= 11 is 0. The lowest BCUT2D eigenvalue weighted by Crippen LogP contribution is -2.10. The lowest BCUT2D eigenvalue weighted by Gasteiger charge is -2.26. The molecule has 0 saturated carbocycles. The van der Waals surface area contributed by atoms with Gasteiger partial charge in [0.25, 0.3) is 0 Å². The van der Waals surface area contributed by atoms with Gasteiger partial charge in [-0.25, -0.2) is 0 Å². The van der Waals surface area contributed by atoms with E-state index in [9.17, 15) is 0 Å². The smallest absolute Gasteiger partial charge is 0.0541 e. The van der Waals surface area contributed by atoms with Gasteiger partial charge in [-0.05, 0) is 107 Å². The van der Waals surface area contributed by atoms with Crippen molar-refractivity contribution in [2.45, 2.75) is 6.42 Å². The van der Waals surface area contributed by atoms with Crippen molar-refractivity contribution in [1.29, 1.82) is 0 Å². The summed E-state index contributed by atoms with van der Waals surface area (Å²) in [6.07, 6.45) is 0.976. The highest BCUT2D eigenvalue weighted by Crippen LogP contribution is 2.42. The summed E-state index contributed by atoms with van der Waals surface area (Å²) < 4.78 is 2.37. The van der Waals surface area contributed by atoms with Crippen molar-refractivity contribution in [3.05, 3.63) is 181 Å². The molecule has 1 heterocycles. The molecule has 7 aromatic carbocycles. The molecule has 212 valence electrons. The molecule has 0 unspecified atom stereocenters. The molecule has 2 nitrogen and oxygen atoms in total. The van der Waals surface area contributed by atoms with E-state index in [0.29, 0.717) is 0 Å². The van der Waals surface area contributed by atoms with Gasteiger partial charge in [0.1, 0.15) is 0 Å². The fourth-order valence-corrected chi connectivity index (χ4v) is 7.11. The minimum Gasteiger partial charge on any atom is -0.310 e. The van der Waals surface area contributed by atoms with Gasteiger partial charge in [-0.1, -0.05) is 103 Å². The Morgan fingerprint density at radius 1 is 0.400 bits per heavy atom. The van der Waals surface area contributed by atoms with Crippen LogP contribution in [0.4, 0.5) is 17.1 Å². The molecule has 0 aliphatic heterocycles. The number of fused-ring (bicyclic) bond motifs is 6. The van der Waals surface area contributed by atoms with Gasteiger partial charge in [0.05, 0.1) is 11.0 Å². The monoisotopic (exact) mass is 574 g/mol. The van der Waals surface area contributed by atoms with Crippen molar-refractivity contribution in [2.24, 2.45) is 0 Å². The maximum Gasteiger partial charge on any atom is 0.0541 e. The first-order chi connectivity index (χ1) is 22.3. The summed E-state index contributed by atoms with van der Waals surface area (Å²) in [7, 11) is 0. The normalized spacial score (nSPS) is 11.9. The van der Waals surface area contributed by atoms with Crippen molar-refractivity contribution in [3.63, 3.8) is 0 Å². The fourth-order valence-electron chi connectivity index (χ4n) is 7.11. The van der Waals surface area contributed by atoms with Gasteiger partial charge in [0.2, 0.25) is 0 Å². The molecular formula is C43H30N2. The quantitative estimate of drug-likeness (QED) is 0.198. The predicted molar refractivity (Wildman–Crippen MR) is 189 cm³/mol. The van der Waals surface area contributed by atoms with Crippen molar-refractivity contribution in [2.75, 3.05) is 4.90 Å². The summed E-state index contributed by atoms with van der Waals surface area (Å²) in [6.45, 7) is 0.